The second-order valence-corrected chi connectivity index (χ2v) is 3.17. The highest BCUT2D eigenvalue weighted by atomic mass is 16.7. The van der Waals surface area contributed by atoms with Crippen molar-refractivity contribution in [3.05, 3.63) is 35.9 Å². The third kappa shape index (κ3) is 2.23. The van der Waals surface area contributed by atoms with Crippen LogP contribution < -0.4 is 5.73 Å². The summed E-state index contributed by atoms with van der Waals surface area (Å²) in [7, 11) is 0. The first-order valence-corrected chi connectivity index (χ1v) is 4.26. The normalized spacial score (nSPS) is 14.4. The molecule has 0 fully saturated rings. The van der Waals surface area contributed by atoms with E-state index in [9.17, 15) is 4.79 Å². The molecular formula is C10H13NO3. The van der Waals surface area contributed by atoms with Crippen LogP contribution >= 0.6 is 0 Å². The summed E-state index contributed by atoms with van der Waals surface area (Å²) in [5, 5.41) is 8.56. The Kier molecular flexibility index (Phi) is 3.09. The topological polar surface area (TPSA) is 72.5 Å². The molecule has 1 aromatic carbocycles. The van der Waals surface area contributed by atoms with E-state index < -0.39 is 11.8 Å². The average Bonchev–Trinajstić information content (AvgIpc) is 2.18. The molecule has 0 radical (unpaired) electrons. The molecule has 1 aromatic rings. The van der Waals surface area contributed by atoms with Crippen LogP contribution in [0.25, 0.3) is 0 Å². The molecule has 0 amide bonds. The van der Waals surface area contributed by atoms with E-state index in [1.807, 2.05) is 18.2 Å². The van der Waals surface area contributed by atoms with Crippen molar-refractivity contribution in [2.45, 2.75) is 12.5 Å². The molecule has 0 aromatic heterocycles. The summed E-state index contributed by atoms with van der Waals surface area (Å²) >= 11 is 0. The number of hydrogen-bond donors (Lipinski definition) is 2. The monoisotopic (exact) mass is 195 g/mol. The zero-order chi connectivity index (χ0) is 10.6. The van der Waals surface area contributed by atoms with Crippen LogP contribution in [0.2, 0.25) is 0 Å². The molecule has 4 heteroatoms. The van der Waals surface area contributed by atoms with Crippen LogP contribution in [0.15, 0.2) is 30.3 Å². The molecule has 1 atom stereocenters. The number of carboxylic acid groups (broad SMARTS) is 1. The fourth-order valence-corrected chi connectivity index (χ4v) is 1.20. The number of benzene rings is 1. The van der Waals surface area contributed by atoms with Gasteiger partial charge in [0.2, 0.25) is 0 Å². The van der Waals surface area contributed by atoms with Gasteiger partial charge in [0.1, 0.15) is 0 Å². The molecule has 0 saturated heterocycles. The van der Waals surface area contributed by atoms with E-state index in [1.54, 1.807) is 19.1 Å². The summed E-state index contributed by atoms with van der Waals surface area (Å²) in [6, 6.07) is 9.05. The van der Waals surface area contributed by atoms with Crippen molar-refractivity contribution in [1.82, 2.24) is 0 Å². The fourth-order valence-electron chi connectivity index (χ4n) is 1.20. The largest absolute Gasteiger partial charge is 0.506 e. The Morgan fingerprint density at radius 2 is 2.07 bits per heavy atom. The average molecular weight is 195 g/mol. The van der Waals surface area contributed by atoms with E-state index in [-0.39, 0.29) is 6.54 Å². The Balaban J connectivity index is 2.95. The van der Waals surface area contributed by atoms with Gasteiger partial charge in [0, 0.05) is 6.54 Å². The highest BCUT2D eigenvalue weighted by molar-refractivity contribution is 5.58. The molecule has 76 valence electrons. The lowest BCUT2D eigenvalue weighted by molar-refractivity contribution is -0.00522. The van der Waals surface area contributed by atoms with E-state index >= 15 is 0 Å². The summed E-state index contributed by atoms with van der Waals surface area (Å²) in [5.74, 6) is 0. The smallest absolute Gasteiger partial charge is 0.450 e. The second kappa shape index (κ2) is 4.11. The highest BCUT2D eigenvalue weighted by Crippen LogP contribution is 2.23. The van der Waals surface area contributed by atoms with E-state index in [0.29, 0.717) is 0 Å². The van der Waals surface area contributed by atoms with Crippen molar-refractivity contribution in [2.24, 2.45) is 5.73 Å². The first-order chi connectivity index (χ1) is 6.58. The van der Waals surface area contributed by atoms with Gasteiger partial charge in [0.15, 0.2) is 5.60 Å². The summed E-state index contributed by atoms with van der Waals surface area (Å²) in [6.45, 7) is 1.76. The molecule has 0 bridgehead atoms. The standard InChI is InChI=1S/C10H13NO3/c1-10(7-11,14-9(12)13)8-5-3-2-4-6-8/h2-6H,7,11H2,1H3,(H,12,13). The van der Waals surface area contributed by atoms with Crippen molar-refractivity contribution >= 4 is 6.16 Å². The van der Waals surface area contributed by atoms with Crippen molar-refractivity contribution in [3.63, 3.8) is 0 Å². The minimum atomic E-state index is -1.32. The Labute approximate surface area is 82.3 Å². The molecule has 0 aliphatic heterocycles. The molecule has 1 rings (SSSR count). The van der Waals surface area contributed by atoms with E-state index in [1.165, 1.54) is 0 Å². The third-order valence-corrected chi connectivity index (χ3v) is 2.09. The fraction of sp³-hybridized carbons (Fsp3) is 0.300. The van der Waals surface area contributed by atoms with Crippen LogP contribution in [-0.2, 0) is 10.3 Å². The minimum absolute atomic E-state index is 0.114. The molecule has 0 aliphatic carbocycles. The van der Waals surface area contributed by atoms with Crippen LogP contribution in [0.5, 0.6) is 0 Å². The predicted octanol–water partition coefficient (Wildman–Crippen LogP) is 1.56. The third-order valence-electron chi connectivity index (χ3n) is 2.09. The Bertz CT molecular complexity index is 312. The minimum Gasteiger partial charge on any atom is -0.450 e. The molecule has 0 aliphatic rings. The zero-order valence-electron chi connectivity index (χ0n) is 7.93. The van der Waals surface area contributed by atoms with Gasteiger partial charge in [-0.05, 0) is 12.5 Å². The lowest BCUT2D eigenvalue weighted by Gasteiger charge is -2.26. The van der Waals surface area contributed by atoms with Gasteiger partial charge in [-0.1, -0.05) is 30.3 Å². The van der Waals surface area contributed by atoms with Gasteiger partial charge in [-0.15, -0.1) is 0 Å². The Morgan fingerprint density at radius 1 is 1.50 bits per heavy atom. The molecule has 0 spiro atoms. The van der Waals surface area contributed by atoms with Crippen LogP contribution in [0.3, 0.4) is 0 Å². The maximum absolute atomic E-state index is 10.5. The summed E-state index contributed by atoms with van der Waals surface area (Å²) in [6.07, 6.45) is -1.32. The van der Waals surface area contributed by atoms with Gasteiger partial charge < -0.3 is 15.6 Å². The number of hydrogen-bond acceptors (Lipinski definition) is 3. The summed E-state index contributed by atoms with van der Waals surface area (Å²) in [4.78, 5) is 10.5. The van der Waals surface area contributed by atoms with Crippen molar-refractivity contribution < 1.29 is 14.6 Å². The van der Waals surface area contributed by atoms with Crippen LogP contribution in [-0.4, -0.2) is 17.8 Å². The Morgan fingerprint density at radius 3 is 2.50 bits per heavy atom. The molecule has 14 heavy (non-hydrogen) atoms. The van der Waals surface area contributed by atoms with Crippen molar-refractivity contribution in [1.29, 1.82) is 0 Å². The first kappa shape index (κ1) is 10.5. The van der Waals surface area contributed by atoms with Gasteiger partial charge in [-0.25, -0.2) is 4.79 Å². The highest BCUT2D eigenvalue weighted by Gasteiger charge is 2.29. The van der Waals surface area contributed by atoms with E-state index in [0.717, 1.165) is 5.56 Å². The zero-order valence-corrected chi connectivity index (χ0v) is 7.93. The summed E-state index contributed by atoms with van der Waals surface area (Å²) in [5.41, 5.74) is 5.29. The quantitative estimate of drug-likeness (QED) is 0.718. The molecular weight excluding hydrogens is 182 g/mol. The maximum atomic E-state index is 10.5. The lowest BCUT2D eigenvalue weighted by Crippen LogP contribution is -2.36. The SMILES string of the molecule is CC(CN)(OC(=O)O)c1ccccc1. The first-order valence-electron chi connectivity index (χ1n) is 4.26. The van der Waals surface area contributed by atoms with Gasteiger partial charge in [-0.2, -0.15) is 0 Å². The van der Waals surface area contributed by atoms with Gasteiger partial charge in [-0.3, -0.25) is 0 Å². The number of ether oxygens (including phenoxy) is 1. The van der Waals surface area contributed by atoms with Crippen molar-refractivity contribution in [2.75, 3.05) is 6.54 Å². The molecule has 3 N–H and O–H groups in total. The van der Waals surface area contributed by atoms with Crippen LogP contribution in [0.1, 0.15) is 12.5 Å². The van der Waals surface area contributed by atoms with Gasteiger partial charge in [0.05, 0.1) is 0 Å². The van der Waals surface area contributed by atoms with Crippen LogP contribution in [0.4, 0.5) is 4.79 Å². The van der Waals surface area contributed by atoms with E-state index in [4.69, 9.17) is 15.6 Å². The van der Waals surface area contributed by atoms with Crippen LogP contribution in [0, 0.1) is 0 Å². The number of rotatable bonds is 3. The molecule has 1 unspecified atom stereocenters. The lowest BCUT2D eigenvalue weighted by atomic mass is 9.96. The molecule has 4 nitrogen and oxygen atoms in total. The van der Waals surface area contributed by atoms with Gasteiger partial charge >= 0.3 is 6.16 Å². The maximum Gasteiger partial charge on any atom is 0.506 e. The van der Waals surface area contributed by atoms with Crippen molar-refractivity contribution in [3.8, 4) is 0 Å². The second-order valence-electron chi connectivity index (χ2n) is 3.17. The number of nitrogens with two attached hydrogens (primary N) is 1. The van der Waals surface area contributed by atoms with E-state index in [2.05, 4.69) is 0 Å². The Hall–Kier alpha value is -1.55. The molecule has 0 heterocycles. The number of carbonyl (C=O) groups is 1. The molecule has 0 saturated carbocycles. The summed E-state index contributed by atoms with van der Waals surface area (Å²) < 4.78 is 4.76. The van der Waals surface area contributed by atoms with Gasteiger partial charge in [0.25, 0.3) is 0 Å². The predicted molar refractivity (Wildman–Crippen MR) is 52.0 cm³/mol.